The number of rotatable bonds is 6. The molecule has 2 heteroatoms. The zero-order valence-corrected chi connectivity index (χ0v) is 8.74. The quantitative estimate of drug-likeness (QED) is 0.630. The van der Waals surface area contributed by atoms with E-state index in [1.54, 1.807) is 0 Å². The van der Waals surface area contributed by atoms with Gasteiger partial charge in [-0.1, -0.05) is 19.8 Å². The minimum absolute atomic E-state index is 0.188. The molecular weight excluding hydrogens is 165 g/mol. The van der Waals surface area contributed by atoms with Gasteiger partial charge in [0.25, 0.3) is 0 Å². The van der Waals surface area contributed by atoms with E-state index in [4.69, 9.17) is 0 Å². The zero-order valence-electron chi connectivity index (χ0n) is 8.74. The minimum atomic E-state index is -0.188. The molecule has 0 aromatic heterocycles. The van der Waals surface area contributed by atoms with Crippen molar-refractivity contribution in [3.8, 4) is 0 Å². The summed E-state index contributed by atoms with van der Waals surface area (Å²) in [5, 5.41) is 3.38. The minimum Gasteiger partial charge on any atom is -0.316 e. The number of hydrogen-bond acceptors (Lipinski definition) is 1. The van der Waals surface area contributed by atoms with Crippen molar-refractivity contribution in [2.75, 3.05) is 19.8 Å². The summed E-state index contributed by atoms with van der Waals surface area (Å²) >= 11 is 0. The highest BCUT2D eigenvalue weighted by Gasteiger charge is 2.30. The van der Waals surface area contributed by atoms with E-state index in [1.807, 2.05) is 0 Å². The van der Waals surface area contributed by atoms with E-state index >= 15 is 0 Å². The fourth-order valence-electron chi connectivity index (χ4n) is 2.33. The van der Waals surface area contributed by atoms with Gasteiger partial charge in [-0.2, -0.15) is 0 Å². The van der Waals surface area contributed by atoms with Crippen molar-refractivity contribution >= 4 is 0 Å². The smallest absolute Gasteiger partial charge is 0.0906 e. The van der Waals surface area contributed by atoms with Gasteiger partial charge in [0.1, 0.15) is 0 Å². The molecule has 1 N–H and O–H groups in total. The molecule has 0 aromatic rings. The Bertz CT molecular complexity index is 130. The lowest BCUT2D eigenvalue weighted by molar-refractivity contribution is 0.267. The molecule has 1 aliphatic carbocycles. The maximum Gasteiger partial charge on any atom is 0.0906 e. The standard InChI is InChI=1S/C11H22FN/c1-2-11(6-3-4-7-11)10-13-9-5-8-12/h13H,2-10H2,1H3. The van der Waals surface area contributed by atoms with E-state index in [0.29, 0.717) is 11.8 Å². The summed E-state index contributed by atoms with van der Waals surface area (Å²) in [7, 11) is 0. The second-order valence-electron chi connectivity index (χ2n) is 4.28. The lowest BCUT2D eigenvalue weighted by Gasteiger charge is -2.27. The van der Waals surface area contributed by atoms with Gasteiger partial charge < -0.3 is 5.32 Å². The summed E-state index contributed by atoms with van der Waals surface area (Å²) in [6, 6.07) is 0. The Kier molecular flexibility index (Phi) is 4.71. The zero-order chi connectivity index (χ0) is 9.57. The third kappa shape index (κ3) is 3.26. The topological polar surface area (TPSA) is 12.0 Å². The molecule has 0 spiro atoms. The highest BCUT2D eigenvalue weighted by Crippen LogP contribution is 2.40. The fourth-order valence-corrected chi connectivity index (χ4v) is 2.33. The van der Waals surface area contributed by atoms with Crippen LogP contribution >= 0.6 is 0 Å². The summed E-state index contributed by atoms with van der Waals surface area (Å²) < 4.78 is 11.8. The van der Waals surface area contributed by atoms with Gasteiger partial charge in [0.05, 0.1) is 6.67 Å². The number of nitrogens with one attached hydrogen (secondary N) is 1. The Labute approximate surface area is 81.1 Å². The average molecular weight is 187 g/mol. The van der Waals surface area contributed by atoms with E-state index < -0.39 is 0 Å². The second kappa shape index (κ2) is 5.58. The van der Waals surface area contributed by atoms with Crippen LogP contribution in [0.1, 0.15) is 45.4 Å². The van der Waals surface area contributed by atoms with Crippen molar-refractivity contribution in [3.05, 3.63) is 0 Å². The first-order valence-corrected chi connectivity index (χ1v) is 5.60. The Morgan fingerprint density at radius 2 is 2.00 bits per heavy atom. The van der Waals surface area contributed by atoms with Gasteiger partial charge >= 0.3 is 0 Å². The molecule has 0 heterocycles. The van der Waals surface area contributed by atoms with Crippen LogP contribution in [0.25, 0.3) is 0 Å². The molecule has 1 nitrogen and oxygen atoms in total. The van der Waals surface area contributed by atoms with Gasteiger partial charge in [-0.05, 0) is 37.6 Å². The van der Waals surface area contributed by atoms with Crippen molar-refractivity contribution in [1.29, 1.82) is 0 Å². The molecule has 0 atom stereocenters. The Morgan fingerprint density at radius 1 is 1.31 bits per heavy atom. The van der Waals surface area contributed by atoms with E-state index in [-0.39, 0.29) is 6.67 Å². The third-order valence-corrected chi connectivity index (χ3v) is 3.40. The van der Waals surface area contributed by atoms with Gasteiger partial charge in [-0.15, -0.1) is 0 Å². The Hall–Kier alpha value is -0.110. The summed E-state index contributed by atoms with van der Waals surface area (Å²) in [6.07, 6.45) is 7.45. The summed E-state index contributed by atoms with van der Waals surface area (Å²) in [6.45, 7) is 4.04. The summed E-state index contributed by atoms with van der Waals surface area (Å²) in [4.78, 5) is 0. The van der Waals surface area contributed by atoms with Gasteiger partial charge in [0, 0.05) is 6.54 Å². The van der Waals surface area contributed by atoms with Crippen LogP contribution in [0.15, 0.2) is 0 Å². The van der Waals surface area contributed by atoms with Crippen molar-refractivity contribution in [2.24, 2.45) is 5.41 Å². The lowest BCUT2D eigenvalue weighted by atomic mass is 9.83. The molecule has 1 rings (SSSR count). The van der Waals surface area contributed by atoms with Crippen LogP contribution in [-0.2, 0) is 0 Å². The Balaban J connectivity index is 2.16. The van der Waals surface area contributed by atoms with Crippen molar-refractivity contribution in [1.82, 2.24) is 5.32 Å². The van der Waals surface area contributed by atoms with Gasteiger partial charge in [-0.3, -0.25) is 4.39 Å². The highest BCUT2D eigenvalue weighted by atomic mass is 19.1. The van der Waals surface area contributed by atoms with Gasteiger partial charge in [0.2, 0.25) is 0 Å². The van der Waals surface area contributed by atoms with Crippen LogP contribution in [-0.4, -0.2) is 19.8 Å². The van der Waals surface area contributed by atoms with Crippen LogP contribution in [0.3, 0.4) is 0 Å². The SMILES string of the molecule is CCC1(CNCCCF)CCCC1. The molecule has 78 valence electrons. The van der Waals surface area contributed by atoms with Crippen molar-refractivity contribution in [2.45, 2.75) is 45.4 Å². The van der Waals surface area contributed by atoms with Gasteiger partial charge in [0.15, 0.2) is 0 Å². The van der Waals surface area contributed by atoms with E-state index in [2.05, 4.69) is 12.2 Å². The van der Waals surface area contributed by atoms with E-state index in [0.717, 1.165) is 13.1 Å². The van der Waals surface area contributed by atoms with Crippen LogP contribution < -0.4 is 5.32 Å². The van der Waals surface area contributed by atoms with Crippen LogP contribution in [0.2, 0.25) is 0 Å². The first-order chi connectivity index (χ1) is 6.33. The molecule has 0 aromatic carbocycles. The van der Waals surface area contributed by atoms with Crippen molar-refractivity contribution < 1.29 is 4.39 Å². The molecule has 0 amide bonds. The van der Waals surface area contributed by atoms with Gasteiger partial charge in [-0.25, -0.2) is 0 Å². The fraction of sp³-hybridized carbons (Fsp3) is 1.00. The van der Waals surface area contributed by atoms with Crippen LogP contribution in [0, 0.1) is 5.41 Å². The molecule has 1 fully saturated rings. The van der Waals surface area contributed by atoms with Crippen LogP contribution in [0.4, 0.5) is 4.39 Å². The first kappa shape index (κ1) is 11.0. The largest absolute Gasteiger partial charge is 0.316 e. The molecule has 0 unspecified atom stereocenters. The predicted octanol–water partition coefficient (Wildman–Crippen LogP) is 2.91. The van der Waals surface area contributed by atoms with Crippen LogP contribution in [0.5, 0.6) is 0 Å². The molecular formula is C11H22FN. The number of halogens is 1. The van der Waals surface area contributed by atoms with E-state index in [1.165, 1.54) is 32.1 Å². The first-order valence-electron chi connectivity index (χ1n) is 5.60. The molecule has 0 bridgehead atoms. The Morgan fingerprint density at radius 3 is 2.54 bits per heavy atom. The molecule has 1 saturated carbocycles. The predicted molar refractivity (Wildman–Crippen MR) is 54.7 cm³/mol. The number of alkyl halides is 1. The average Bonchev–Trinajstić information content (AvgIpc) is 2.62. The monoisotopic (exact) mass is 187 g/mol. The third-order valence-electron chi connectivity index (χ3n) is 3.40. The summed E-state index contributed by atoms with van der Waals surface area (Å²) in [5.41, 5.74) is 0.552. The summed E-state index contributed by atoms with van der Waals surface area (Å²) in [5.74, 6) is 0. The molecule has 0 radical (unpaired) electrons. The molecule has 1 aliphatic rings. The molecule has 13 heavy (non-hydrogen) atoms. The second-order valence-corrected chi connectivity index (χ2v) is 4.28. The molecule has 0 saturated heterocycles. The lowest BCUT2D eigenvalue weighted by Crippen LogP contribution is -2.32. The highest BCUT2D eigenvalue weighted by molar-refractivity contribution is 4.85. The maximum absolute atomic E-state index is 11.8. The maximum atomic E-state index is 11.8. The van der Waals surface area contributed by atoms with Crippen molar-refractivity contribution in [3.63, 3.8) is 0 Å². The number of hydrogen-bond donors (Lipinski definition) is 1. The van der Waals surface area contributed by atoms with E-state index in [9.17, 15) is 4.39 Å². The normalized spacial score (nSPS) is 20.8. The molecule has 0 aliphatic heterocycles.